The highest BCUT2D eigenvalue weighted by Crippen LogP contribution is 2.37. The molecule has 2 aromatic carbocycles. The number of esters is 1. The number of hydrogen-bond acceptors (Lipinski definition) is 6. The van der Waals surface area contributed by atoms with Crippen molar-refractivity contribution in [1.29, 1.82) is 0 Å². The summed E-state index contributed by atoms with van der Waals surface area (Å²) in [6, 6.07) is 13.4. The Morgan fingerprint density at radius 1 is 1.15 bits per heavy atom. The predicted octanol–water partition coefficient (Wildman–Crippen LogP) is 4.19. The van der Waals surface area contributed by atoms with Crippen LogP contribution in [0.1, 0.15) is 26.3 Å². The summed E-state index contributed by atoms with van der Waals surface area (Å²) in [5, 5.41) is 0.369. The molecule has 0 heterocycles. The van der Waals surface area contributed by atoms with E-state index in [2.05, 4.69) is 10.9 Å². The molecule has 1 unspecified atom stereocenters. The van der Waals surface area contributed by atoms with Crippen molar-refractivity contribution in [2.45, 2.75) is 33.4 Å². The van der Waals surface area contributed by atoms with Crippen molar-refractivity contribution in [2.24, 2.45) is 0 Å². The molecule has 2 aromatic rings. The number of halogens is 1. The van der Waals surface area contributed by atoms with Gasteiger partial charge in [-0.2, -0.15) is 0 Å². The van der Waals surface area contributed by atoms with E-state index in [0.717, 1.165) is 11.3 Å². The molecule has 0 saturated heterocycles. The van der Waals surface area contributed by atoms with Gasteiger partial charge in [0.2, 0.25) is 0 Å². The van der Waals surface area contributed by atoms with Crippen LogP contribution in [0.5, 0.6) is 11.5 Å². The molecule has 7 heteroatoms. The number of rotatable bonds is 10. The smallest absolute Gasteiger partial charge is 0.347 e. The van der Waals surface area contributed by atoms with Gasteiger partial charge in [-0.1, -0.05) is 29.8 Å². The average Bonchev–Trinajstić information content (AvgIpc) is 2.65. The summed E-state index contributed by atoms with van der Waals surface area (Å²) in [6.45, 7) is 6.48. The van der Waals surface area contributed by atoms with E-state index in [1.165, 1.54) is 0 Å². The topological polar surface area (TPSA) is 68.8 Å². The van der Waals surface area contributed by atoms with Gasteiger partial charge in [-0.25, -0.2) is 10.2 Å². The van der Waals surface area contributed by atoms with E-state index in [9.17, 15) is 4.79 Å². The Kier molecular flexibility index (Phi) is 8.23. The molecule has 0 saturated carbocycles. The molecular weight excluding hydrogens is 368 g/mol. The molecule has 27 heavy (non-hydrogen) atoms. The molecule has 0 radical (unpaired) electrons. The van der Waals surface area contributed by atoms with Gasteiger partial charge < -0.3 is 19.6 Å². The quantitative estimate of drug-likeness (QED) is 0.467. The Hall–Kier alpha value is -2.44. The van der Waals surface area contributed by atoms with Crippen molar-refractivity contribution in [3.05, 3.63) is 53.1 Å². The van der Waals surface area contributed by atoms with E-state index in [1.54, 1.807) is 19.9 Å². The normalized spacial score (nSPS) is 11.6. The number of hydrazine groups is 1. The highest BCUT2D eigenvalue weighted by molar-refractivity contribution is 6.32. The molecule has 6 nitrogen and oxygen atoms in total. The number of para-hydroxylation sites is 1. The Morgan fingerprint density at radius 3 is 2.56 bits per heavy atom. The molecule has 0 aliphatic heterocycles. The summed E-state index contributed by atoms with van der Waals surface area (Å²) in [5.74, 6) is 0.366. The molecule has 2 rings (SSSR count). The Labute approximate surface area is 164 Å². The second kappa shape index (κ2) is 10.6. The Morgan fingerprint density at radius 2 is 1.89 bits per heavy atom. The third kappa shape index (κ3) is 6.34. The first-order valence-corrected chi connectivity index (χ1v) is 9.25. The van der Waals surface area contributed by atoms with Crippen molar-refractivity contribution in [3.63, 3.8) is 0 Å². The van der Waals surface area contributed by atoms with E-state index in [0.29, 0.717) is 29.7 Å². The van der Waals surface area contributed by atoms with Crippen LogP contribution in [-0.4, -0.2) is 25.3 Å². The second-order valence-electron chi connectivity index (χ2n) is 5.69. The van der Waals surface area contributed by atoms with Crippen LogP contribution in [0, 0.1) is 0 Å². The van der Waals surface area contributed by atoms with Crippen LogP contribution in [0.25, 0.3) is 0 Å². The van der Waals surface area contributed by atoms with E-state index >= 15 is 0 Å². The van der Waals surface area contributed by atoms with Crippen molar-refractivity contribution in [1.82, 2.24) is 5.43 Å². The molecule has 2 N–H and O–H groups in total. The molecule has 0 aromatic heterocycles. The number of carbonyl (C=O) groups is 1. The fourth-order valence-corrected chi connectivity index (χ4v) is 2.63. The highest BCUT2D eigenvalue weighted by atomic mass is 35.5. The summed E-state index contributed by atoms with van der Waals surface area (Å²) in [5.41, 5.74) is 8.11. The van der Waals surface area contributed by atoms with Crippen LogP contribution >= 0.6 is 11.6 Å². The van der Waals surface area contributed by atoms with Gasteiger partial charge in [0.25, 0.3) is 0 Å². The number of ether oxygens (including phenoxy) is 3. The monoisotopic (exact) mass is 392 g/mol. The predicted molar refractivity (Wildman–Crippen MR) is 106 cm³/mol. The lowest BCUT2D eigenvalue weighted by molar-refractivity contribution is -0.150. The SMILES string of the molecule is CCOC(=O)C(C)Oc1c(Cl)cc(CNNc2ccccc2)cc1OCC. The first-order chi connectivity index (χ1) is 13.0. The molecule has 0 aliphatic carbocycles. The number of hydrogen-bond donors (Lipinski definition) is 2. The van der Waals surface area contributed by atoms with Crippen LogP contribution in [0.3, 0.4) is 0 Å². The molecule has 0 spiro atoms. The van der Waals surface area contributed by atoms with Gasteiger partial charge in [0, 0.05) is 12.2 Å². The van der Waals surface area contributed by atoms with Gasteiger partial charge in [0.15, 0.2) is 17.6 Å². The van der Waals surface area contributed by atoms with E-state index < -0.39 is 12.1 Å². The minimum absolute atomic E-state index is 0.289. The Balaban J connectivity index is 2.08. The largest absolute Gasteiger partial charge is 0.490 e. The maximum Gasteiger partial charge on any atom is 0.347 e. The molecule has 0 amide bonds. The number of benzene rings is 2. The maximum atomic E-state index is 11.8. The summed E-state index contributed by atoms with van der Waals surface area (Å²) in [7, 11) is 0. The van der Waals surface area contributed by atoms with Gasteiger partial charge in [-0.05, 0) is 50.6 Å². The van der Waals surface area contributed by atoms with Crippen molar-refractivity contribution < 1.29 is 19.0 Å². The highest BCUT2D eigenvalue weighted by Gasteiger charge is 2.21. The number of carbonyl (C=O) groups excluding carboxylic acids is 1. The number of anilines is 1. The number of nitrogens with one attached hydrogen (secondary N) is 2. The summed E-state index contributed by atoms with van der Waals surface area (Å²) >= 11 is 6.39. The summed E-state index contributed by atoms with van der Waals surface area (Å²) in [6.07, 6.45) is -0.787. The van der Waals surface area contributed by atoms with E-state index in [1.807, 2.05) is 43.3 Å². The van der Waals surface area contributed by atoms with Gasteiger partial charge >= 0.3 is 5.97 Å². The second-order valence-corrected chi connectivity index (χ2v) is 6.10. The van der Waals surface area contributed by atoms with Gasteiger partial charge in [-0.3, -0.25) is 0 Å². The standard InChI is InChI=1S/C20H25ClN2O4/c1-4-25-18-12-15(13-22-23-16-9-7-6-8-10-16)11-17(21)19(18)27-14(3)20(24)26-5-2/h6-12,14,22-23H,4-5,13H2,1-3H3. The fraction of sp³-hybridized carbons (Fsp3) is 0.350. The van der Waals surface area contributed by atoms with Crippen molar-refractivity contribution in [2.75, 3.05) is 18.6 Å². The summed E-state index contributed by atoms with van der Waals surface area (Å²) < 4.78 is 16.3. The molecule has 1 atom stereocenters. The molecule has 0 bridgehead atoms. The van der Waals surface area contributed by atoms with Crippen molar-refractivity contribution >= 4 is 23.3 Å². The third-order valence-corrected chi connectivity index (χ3v) is 3.86. The minimum atomic E-state index is -0.787. The third-order valence-electron chi connectivity index (χ3n) is 3.58. The first kappa shape index (κ1) is 20.9. The van der Waals surface area contributed by atoms with Gasteiger partial charge in [0.1, 0.15) is 0 Å². The zero-order chi connectivity index (χ0) is 19.6. The van der Waals surface area contributed by atoms with Crippen LogP contribution in [0.2, 0.25) is 5.02 Å². The van der Waals surface area contributed by atoms with Crippen molar-refractivity contribution in [3.8, 4) is 11.5 Å². The van der Waals surface area contributed by atoms with Crippen LogP contribution in [0.15, 0.2) is 42.5 Å². The molecule has 0 fully saturated rings. The lowest BCUT2D eigenvalue weighted by Crippen LogP contribution is -2.26. The van der Waals surface area contributed by atoms with Crippen LogP contribution < -0.4 is 20.3 Å². The molecule has 146 valence electrons. The maximum absolute atomic E-state index is 11.8. The van der Waals surface area contributed by atoms with Crippen LogP contribution in [0.4, 0.5) is 5.69 Å². The van der Waals surface area contributed by atoms with Gasteiger partial charge in [0.05, 0.1) is 18.2 Å². The molecular formula is C20H25ClN2O4. The van der Waals surface area contributed by atoms with E-state index in [-0.39, 0.29) is 6.61 Å². The summed E-state index contributed by atoms with van der Waals surface area (Å²) in [4.78, 5) is 11.8. The first-order valence-electron chi connectivity index (χ1n) is 8.87. The minimum Gasteiger partial charge on any atom is -0.490 e. The van der Waals surface area contributed by atoms with Gasteiger partial charge in [-0.15, -0.1) is 0 Å². The lowest BCUT2D eigenvalue weighted by atomic mass is 10.2. The zero-order valence-corrected chi connectivity index (χ0v) is 16.5. The average molecular weight is 393 g/mol. The lowest BCUT2D eigenvalue weighted by Gasteiger charge is -2.19. The zero-order valence-electron chi connectivity index (χ0n) is 15.8. The fourth-order valence-electron chi connectivity index (χ4n) is 2.36. The van der Waals surface area contributed by atoms with E-state index in [4.69, 9.17) is 25.8 Å². The molecule has 0 aliphatic rings. The Bertz CT molecular complexity index is 740. The van der Waals surface area contributed by atoms with Crippen LogP contribution in [-0.2, 0) is 16.1 Å².